The first kappa shape index (κ1) is 12.1. The van der Waals surface area contributed by atoms with Gasteiger partial charge in [0.25, 0.3) is 0 Å². The summed E-state index contributed by atoms with van der Waals surface area (Å²) in [7, 11) is 0. The Labute approximate surface area is 91.9 Å². The van der Waals surface area contributed by atoms with Crippen molar-refractivity contribution in [3.63, 3.8) is 0 Å². The van der Waals surface area contributed by atoms with Crippen LogP contribution < -0.4 is 5.32 Å². The number of rotatable bonds is 8. The van der Waals surface area contributed by atoms with Gasteiger partial charge in [0.15, 0.2) is 0 Å². The molecule has 1 N–H and O–H groups in total. The van der Waals surface area contributed by atoms with Crippen LogP contribution in [0.15, 0.2) is 11.8 Å². The molecule has 3 nitrogen and oxygen atoms in total. The van der Waals surface area contributed by atoms with Crippen LogP contribution >= 0.6 is 0 Å². The molecule has 1 heterocycles. The molecule has 0 aromatic heterocycles. The Morgan fingerprint density at radius 1 is 1.27 bits per heavy atom. The molecule has 0 bridgehead atoms. The quantitative estimate of drug-likeness (QED) is 0.626. The average molecular weight is 211 g/mol. The summed E-state index contributed by atoms with van der Waals surface area (Å²) in [6, 6.07) is 0. The van der Waals surface area contributed by atoms with Crippen LogP contribution in [0.1, 0.15) is 45.4 Å². The molecule has 0 aromatic carbocycles. The number of ether oxygens (including phenoxy) is 1. The molecule has 0 aliphatic carbocycles. The Hall–Kier alpha value is -0.990. The van der Waals surface area contributed by atoms with Gasteiger partial charge in [-0.2, -0.15) is 0 Å². The number of nitrogens with one attached hydrogen (secondary N) is 1. The summed E-state index contributed by atoms with van der Waals surface area (Å²) in [4.78, 5) is 10.8. The van der Waals surface area contributed by atoms with Crippen LogP contribution in [0.2, 0.25) is 0 Å². The van der Waals surface area contributed by atoms with Gasteiger partial charge >= 0.3 is 0 Å². The molecular weight excluding hydrogens is 190 g/mol. The molecule has 3 heteroatoms. The fourth-order valence-corrected chi connectivity index (χ4v) is 1.60. The Bertz CT molecular complexity index is 224. The summed E-state index contributed by atoms with van der Waals surface area (Å²) < 4.78 is 5.46. The van der Waals surface area contributed by atoms with Crippen molar-refractivity contribution in [2.75, 3.05) is 13.2 Å². The number of carbonyl (C=O) groups excluding carboxylic acids is 1. The van der Waals surface area contributed by atoms with Crippen LogP contribution in [0.25, 0.3) is 0 Å². The fraction of sp³-hybridized carbons (Fsp3) is 0.750. The second kappa shape index (κ2) is 7.32. The van der Waals surface area contributed by atoms with Crippen molar-refractivity contribution in [1.82, 2.24) is 5.32 Å². The lowest BCUT2D eigenvalue weighted by Gasteiger charge is -2.05. The molecule has 15 heavy (non-hydrogen) atoms. The first-order valence-electron chi connectivity index (χ1n) is 5.94. The van der Waals surface area contributed by atoms with Crippen molar-refractivity contribution in [2.24, 2.45) is 0 Å². The zero-order valence-corrected chi connectivity index (χ0v) is 9.55. The standard InChI is InChI=1S/C12H21NO2/c1-2-3-4-5-6-7-8-15-11-9-12(14)13-10-11/h9H,2-8,10H2,1H3,(H,13,14). The monoisotopic (exact) mass is 211 g/mol. The number of hydrogen-bond acceptors (Lipinski definition) is 2. The summed E-state index contributed by atoms with van der Waals surface area (Å²) in [6.07, 6.45) is 9.12. The van der Waals surface area contributed by atoms with Crippen molar-refractivity contribution < 1.29 is 9.53 Å². The lowest BCUT2D eigenvalue weighted by atomic mass is 10.1. The molecule has 1 rings (SSSR count). The van der Waals surface area contributed by atoms with E-state index in [4.69, 9.17) is 4.74 Å². The van der Waals surface area contributed by atoms with E-state index in [1.807, 2.05) is 0 Å². The predicted molar refractivity (Wildman–Crippen MR) is 60.4 cm³/mol. The van der Waals surface area contributed by atoms with Crippen LogP contribution in [-0.4, -0.2) is 19.1 Å². The molecule has 0 saturated heterocycles. The first-order chi connectivity index (χ1) is 7.33. The van der Waals surface area contributed by atoms with Gasteiger partial charge in [-0.3, -0.25) is 4.79 Å². The maximum Gasteiger partial charge on any atom is 0.247 e. The molecule has 0 saturated carbocycles. The van der Waals surface area contributed by atoms with E-state index in [0.717, 1.165) is 18.8 Å². The third-order valence-electron chi connectivity index (χ3n) is 2.51. The number of hydrogen-bond donors (Lipinski definition) is 1. The molecule has 0 radical (unpaired) electrons. The van der Waals surface area contributed by atoms with Crippen LogP contribution in [0, 0.1) is 0 Å². The second-order valence-corrected chi connectivity index (χ2v) is 3.94. The Balaban J connectivity index is 1.89. The number of unbranched alkanes of at least 4 members (excludes halogenated alkanes) is 5. The van der Waals surface area contributed by atoms with Gasteiger partial charge in [0, 0.05) is 6.08 Å². The van der Waals surface area contributed by atoms with Crippen molar-refractivity contribution in [3.05, 3.63) is 11.8 Å². The van der Waals surface area contributed by atoms with Gasteiger partial charge in [-0.1, -0.05) is 39.0 Å². The smallest absolute Gasteiger partial charge is 0.247 e. The van der Waals surface area contributed by atoms with Crippen LogP contribution in [-0.2, 0) is 9.53 Å². The van der Waals surface area contributed by atoms with Gasteiger partial charge < -0.3 is 10.1 Å². The molecule has 0 fully saturated rings. The highest BCUT2D eigenvalue weighted by Gasteiger charge is 2.10. The van der Waals surface area contributed by atoms with Crippen LogP contribution in [0.4, 0.5) is 0 Å². The van der Waals surface area contributed by atoms with Gasteiger partial charge in [0.2, 0.25) is 5.91 Å². The molecule has 1 aliphatic rings. The van der Waals surface area contributed by atoms with Crippen molar-refractivity contribution in [1.29, 1.82) is 0 Å². The summed E-state index contributed by atoms with van der Waals surface area (Å²) in [5, 5.41) is 2.68. The maximum atomic E-state index is 10.8. The number of amides is 1. The van der Waals surface area contributed by atoms with Gasteiger partial charge in [-0.05, 0) is 6.42 Å². The topological polar surface area (TPSA) is 38.3 Å². The highest BCUT2D eigenvalue weighted by Crippen LogP contribution is 2.07. The minimum atomic E-state index is -0.0343. The van der Waals surface area contributed by atoms with E-state index in [1.165, 1.54) is 38.2 Å². The van der Waals surface area contributed by atoms with E-state index in [9.17, 15) is 4.79 Å². The molecule has 0 unspecified atom stereocenters. The SMILES string of the molecule is CCCCCCCCOC1=CC(=O)NC1. The van der Waals surface area contributed by atoms with E-state index >= 15 is 0 Å². The van der Waals surface area contributed by atoms with Crippen molar-refractivity contribution >= 4 is 5.91 Å². The first-order valence-corrected chi connectivity index (χ1v) is 5.94. The van der Waals surface area contributed by atoms with E-state index in [-0.39, 0.29) is 5.91 Å². The summed E-state index contributed by atoms with van der Waals surface area (Å²) in [5.41, 5.74) is 0. The van der Waals surface area contributed by atoms with E-state index in [1.54, 1.807) is 0 Å². The molecule has 0 atom stereocenters. The molecule has 86 valence electrons. The lowest BCUT2D eigenvalue weighted by Crippen LogP contribution is -2.15. The minimum Gasteiger partial charge on any atom is -0.496 e. The van der Waals surface area contributed by atoms with Gasteiger partial charge in [0.1, 0.15) is 5.76 Å². The van der Waals surface area contributed by atoms with Gasteiger partial charge in [-0.25, -0.2) is 0 Å². The Morgan fingerprint density at radius 2 is 2.00 bits per heavy atom. The van der Waals surface area contributed by atoms with Gasteiger partial charge in [0.05, 0.1) is 13.2 Å². The third-order valence-corrected chi connectivity index (χ3v) is 2.51. The van der Waals surface area contributed by atoms with Crippen molar-refractivity contribution in [3.8, 4) is 0 Å². The largest absolute Gasteiger partial charge is 0.496 e. The summed E-state index contributed by atoms with van der Waals surface area (Å²) >= 11 is 0. The van der Waals surface area contributed by atoms with Crippen LogP contribution in [0.3, 0.4) is 0 Å². The normalized spacial score (nSPS) is 15.0. The molecule has 0 spiro atoms. The van der Waals surface area contributed by atoms with E-state index in [2.05, 4.69) is 12.2 Å². The molecule has 0 aromatic rings. The van der Waals surface area contributed by atoms with E-state index < -0.39 is 0 Å². The average Bonchev–Trinajstić information content (AvgIpc) is 2.63. The lowest BCUT2D eigenvalue weighted by molar-refractivity contribution is -0.115. The maximum absolute atomic E-state index is 10.8. The van der Waals surface area contributed by atoms with Crippen molar-refractivity contribution in [2.45, 2.75) is 45.4 Å². The zero-order chi connectivity index (χ0) is 10.9. The molecule has 1 amide bonds. The van der Waals surface area contributed by atoms with Gasteiger partial charge in [-0.15, -0.1) is 0 Å². The highest BCUT2D eigenvalue weighted by molar-refractivity contribution is 5.90. The van der Waals surface area contributed by atoms with E-state index in [0.29, 0.717) is 6.54 Å². The molecule has 1 aliphatic heterocycles. The molecular formula is C12H21NO2. The zero-order valence-electron chi connectivity index (χ0n) is 9.55. The fourth-order valence-electron chi connectivity index (χ4n) is 1.60. The summed E-state index contributed by atoms with van der Waals surface area (Å²) in [6.45, 7) is 3.53. The second-order valence-electron chi connectivity index (χ2n) is 3.94. The predicted octanol–water partition coefficient (Wildman–Crippen LogP) is 2.38. The Morgan fingerprint density at radius 3 is 2.67 bits per heavy atom. The van der Waals surface area contributed by atoms with Crippen LogP contribution in [0.5, 0.6) is 0 Å². The summed E-state index contributed by atoms with van der Waals surface area (Å²) in [5.74, 6) is 0.751. The third kappa shape index (κ3) is 5.45. The highest BCUT2D eigenvalue weighted by atomic mass is 16.5. The minimum absolute atomic E-state index is 0.0343. The Kier molecular flexibility index (Phi) is 5.90. The number of carbonyl (C=O) groups is 1.